The van der Waals surface area contributed by atoms with Crippen molar-refractivity contribution in [1.82, 2.24) is 0 Å². The van der Waals surface area contributed by atoms with Gasteiger partial charge >= 0.3 is 0 Å². The van der Waals surface area contributed by atoms with Gasteiger partial charge in [-0.15, -0.1) is 0 Å². The van der Waals surface area contributed by atoms with Crippen LogP contribution < -0.4 is 0 Å². The molecule has 13 heteroatoms. The Morgan fingerprint density at radius 2 is 1.67 bits per heavy atom. The fourth-order valence-electron chi connectivity index (χ4n) is 10.9. The molecule has 2 heterocycles. The van der Waals surface area contributed by atoms with Crippen LogP contribution in [0.25, 0.3) is 0 Å². The summed E-state index contributed by atoms with van der Waals surface area (Å²) in [6.07, 6.45) is -2.82. The third kappa shape index (κ3) is 7.27. The lowest BCUT2D eigenvalue weighted by molar-refractivity contribution is -0.303. The van der Waals surface area contributed by atoms with E-state index in [0.29, 0.717) is 31.1 Å². The Hall–Kier alpha value is -1.36. The maximum absolute atomic E-state index is 13.8. The molecule has 2 aliphatic heterocycles. The van der Waals surface area contributed by atoms with E-state index in [-0.39, 0.29) is 65.9 Å². The molecule has 5 fully saturated rings. The van der Waals surface area contributed by atoms with Crippen molar-refractivity contribution in [2.24, 2.45) is 46.3 Å². The Labute approximate surface area is 300 Å². The molecule has 0 bridgehead atoms. The summed E-state index contributed by atoms with van der Waals surface area (Å²) in [6.45, 7) is 7.92. The zero-order valence-corrected chi connectivity index (χ0v) is 30.4. The number of carbonyl (C=O) groups excluding carboxylic acids is 2. The first-order valence-electron chi connectivity index (χ1n) is 19.1. The average molecular weight is 725 g/mol. The van der Waals surface area contributed by atoms with Crippen molar-refractivity contribution < 1.29 is 64.3 Å². The largest absolute Gasteiger partial charge is 0.394 e. The minimum absolute atomic E-state index is 0.0256. The fraction of sp³-hybridized carbons (Fsp3) is 0.895. The summed E-state index contributed by atoms with van der Waals surface area (Å²) in [7, 11) is 0. The van der Waals surface area contributed by atoms with Gasteiger partial charge in [-0.05, 0) is 79.4 Å². The number of rotatable bonds is 11. The van der Waals surface area contributed by atoms with Gasteiger partial charge < -0.3 is 54.7 Å². The summed E-state index contributed by atoms with van der Waals surface area (Å²) in [5.74, 6) is 0.416. The summed E-state index contributed by atoms with van der Waals surface area (Å²) >= 11 is 0. The maximum atomic E-state index is 13.8. The first kappa shape index (κ1) is 39.3. The van der Waals surface area contributed by atoms with Crippen molar-refractivity contribution in [3.63, 3.8) is 0 Å². The summed E-state index contributed by atoms with van der Waals surface area (Å²) in [5.41, 5.74) is 1.07. The Bertz CT molecular complexity index is 1290. The first-order valence-corrected chi connectivity index (χ1v) is 19.1. The van der Waals surface area contributed by atoms with E-state index in [2.05, 4.69) is 19.9 Å². The molecule has 13 nitrogen and oxygen atoms in total. The van der Waals surface area contributed by atoms with E-state index in [0.717, 1.165) is 32.1 Å². The number of ether oxygens (including phenoxy) is 4. The van der Waals surface area contributed by atoms with Crippen LogP contribution in [0.3, 0.4) is 0 Å². The van der Waals surface area contributed by atoms with E-state index in [9.17, 15) is 45.3 Å². The van der Waals surface area contributed by atoms with Gasteiger partial charge in [0.2, 0.25) is 0 Å². The maximum Gasteiger partial charge on any atom is 0.186 e. The second-order valence-electron chi connectivity index (χ2n) is 17.1. The van der Waals surface area contributed by atoms with Crippen molar-refractivity contribution in [2.75, 3.05) is 19.8 Å². The molecule has 0 aromatic carbocycles. The van der Waals surface area contributed by atoms with E-state index in [1.54, 1.807) is 0 Å². The van der Waals surface area contributed by atoms with Crippen molar-refractivity contribution in [1.29, 1.82) is 0 Å². The van der Waals surface area contributed by atoms with E-state index < -0.39 is 67.8 Å². The standard InChI is InChI=1S/C38H60O13/c1-18(16-48-36-34(47)32(45)31(44)28(15-39)51-36)5-8-25(40)19(2)29-26(41)14-24-22-7-6-20-13-21(50-35-33(46)30(43)27(42)17-49-35)9-11-37(20,3)23(22)10-12-38(24,29)4/h6,18-19,21-24,27-36,39,42-47H,5,7-17H2,1-4H3/t18-,19-,21+,22-,23+,24+,27+,28+,29+,30+,31+,32-,33-,34+,35+,36-,37+,38+/m1/s1. The van der Waals surface area contributed by atoms with Crippen LogP contribution in [0.2, 0.25) is 0 Å². The summed E-state index contributed by atoms with van der Waals surface area (Å²) < 4.78 is 22.8. The number of allylic oxidation sites excluding steroid dienone is 1. The molecule has 0 spiro atoms. The lowest BCUT2D eigenvalue weighted by Crippen LogP contribution is -2.59. The molecule has 0 aromatic rings. The molecule has 6 aliphatic rings. The smallest absolute Gasteiger partial charge is 0.186 e. The van der Waals surface area contributed by atoms with Gasteiger partial charge in [-0.3, -0.25) is 9.59 Å². The first-order chi connectivity index (χ1) is 24.1. The van der Waals surface area contributed by atoms with Crippen LogP contribution in [0, 0.1) is 46.3 Å². The molecule has 4 aliphatic carbocycles. The van der Waals surface area contributed by atoms with Crippen LogP contribution in [0.4, 0.5) is 0 Å². The molecule has 2 saturated heterocycles. The number of hydrogen-bond donors (Lipinski definition) is 7. The van der Waals surface area contributed by atoms with E-state index in [1.165, 1.54) is 5.57 Å². The number of aliphatic hydroxyl groups is 7. The number of Topliss-reactive ketones (excluding diaryl/α,β-unsaturated/α-hetero) is 2. The van der Waals surface area contributed by atoms with Crippen molar-refractivity contribution in [3.8, 4) is 0 Å². The Kier molecular flexibility index (Phi) is 11.9. The van der Waals surface area contributed by atoms with Crippen LogP contribution >= 0.6 is 0 Å². The van der Waals surface area contributed by atoms with Gasteiger partial charge in [0.05, 0.1) is 25.9 Å². The fourth-order valence-corrected chi connectivity index (χ4v) is 10.9. The highest BCUT2D eigenvalue weighted by Gasteiger charge is 2.62. The minimum atomic E-state index is -1.52. The molecule has 0 aromatic heterocycles. The molecule has 3 saturated carbocycles. The van der Waals surface area contributed by atoms with Crippen LogP contribution in [-0.4, -0.2) is 129 Å². The van der Waals surface area contributed by atoms with Crippen molar-refractivity contribution in [2.45, 2.75) is 147 Å². The lowest BCUT2D eigenvalue weighted by atomic mass is 9.47. The van der Waals surface area contributed by atoms with E-state index in [1.807, 2.05) is 13.8 Å². The average Bonchev–Trinajstić information content (AvgIpc) is 3.38. The zero-order chi connectivity index (χ0) is 37.0. The molecular weight excluding hydrogens is 664 g/mol. The van der Waals surface area contributed by atoms with Crippen LogP contribution in [0.1, 0.15) is 85.5 Å². The normalized spacial score (nSPS) is 48.2. The number of carbonyl (C=O) groups is 2. The second-order valence-corrected chi connectivity index (χ2v) is 17.1. The number of hydrogen-bond acceptors (Lipinski definition) is 13. The summed E-state index contributed by atoms with van der Waals surface area (Å²) in [6, 6.07) is 0. The second kappa shape index (κ2) is 15.4. The summed E-state index contributed by atoms with van der Waals surface area (Å²) in [4.78, 5) is 27.5. The molecule has 51 heavy (non-hydrogen) atoms. The molecule has 0 amide bonds. The number of ketones is 2. The third-order valence-corrected chi connectivity index (χ3v) is 14.0. The number of aliphatic hydroxyl groups excluding tert-OH is 7. The number of fused-ring (bicyclic) bond motifs is 5. The van der Waals surface area contributed by atoms with Crippen LogP contribution in [-0.2, 0) is 28.5 Å². The lowest BCUT2D eigenvalue weighted by Gasteiger charge is -2.58. The van der Waals surface area contributed by atoms with Gasteiger partial charge in [-0.2, -0.15) is 0 Å². The highest BCUT2D eigenvalue weighted by molar-refractivity contribution is 5.92. The Morgan fingerprint density at radius 3 is 2.39 bits per heavy atom. The van der Waals surface area contributed by atoms with E-state index in [4.69, 9.17) is 18.9 Å². The van der Waals surface area contributed by atoms with Gasteiger partial charge in [-0.25, -0.2) is 0 Å². The van der Waals surface area contributed by atoms with Gasteiger partial charge in [0, 0.05) is 24.7 Å². The topological polar surface area (TPSA) is 213 Å². The predicted octanol–water partition coefficient (Wildman–Crippen LogP) is 1.01. The highest BCUT2D eigenvalue weighted by Crippen LogP contribution is 2.66. The van der Waals surface area contributed by atoms with Gasteiger partial charge in [0.1, 0.15) is 54.3 Å². The van der Waals surface area contributed by atoms with Gasteiger partial charge in [0.25, 0.3) is 0 Å². The van der Waals surface area contributed by atoms with Crippen LogP contribution in [0.15, 0.2) is 11.6 Å². The Balaban J connectivity index is 1.03. The third-order valence-electron chi connectivity index (χ3n) is 14.0. The molecular formula is C38H60O13. The van der Waals surface area contributed by atoms with E-state index >= 15 is 0 Å². The SMILES string of the molecule is C[C@H](CCC(=O)[C@@H](C)[C@H]1C(=O)C[C@H]2[C@@H]3CC=C4C[C@@H](O[C@@H]5OC[C@H](O)[C@H](O)[C@H]5O)CC[C@]4(C)[C@H]3CC[C@]12C)CO[C@@H]1O[C@@H](CO)[C@H](O)[C@@H](O)[C@@H]1O. The molecule has 6 rings (SSSR count). The van der Waals surface area contributed by atoms with Crippen molar-refractivity contribution >= 4 is 11.6 Å². The zero-order valence-electron chi connectivity index (χ0n) is 30.4. The van der Waals surface area contributed by atoms with Gasteiger partial charge in [-0.1, -0.05) is 39.3 Å². The predicted molar refractivity (Wildman–Crippen MR) is 181 cm³/mol. The molecule has 0 radical (unpaired) electrons. The summed E-state index contributed by atoms with van der Waals surface area (Å²) in [5, 5.41) is 70.0. The van der Waals surface area contributed by atoms with Crippen LogP contribution in [0.5, 0.6) is 0 Å². The molecule has 18 atom stereocenters. The van der Waals surface area contributed by atoms with Crippen molar-refractivity contribution in [3.05, 3.63) is 11.6 Å². The van der Waals surface area contributed by atoms with Gasteiger partial charge in [0.15, 0.2) is 12.6 Å². The highest BCUT2D eigenvalue weighted by atomic mass is 16.7. The quantitative estimate of drug-likeness (QED) is 0.149. The monoisotopic (exact) mass is 724 g/mol. The molecule has 7 N–H and O–H groups in total. The molecule has 290 valence electrons. The Morgan fingerprint density at radius 1 is 0.941 bits per heavy atom. The molecule has 0 unspecified atom stereocenters. The minimum Gasteiger partial charge on any atom is -0.394 e.